The van der Waals surface area contributed by atoms with Crippen LogP contribution in [0.4, 0.5) is 0 Å². The summed E-state index contributed by atoms with van der Waals surface area (Å²) in [5, 5.41) is 7.13. The summed E-state index contributed by atoms with van der Waals surface area (Å²) < 4.78 is 5.88. The molecule has 1 aliphatic rings. The summed E-state index contributed by atoms with van der Waals surface area (Å²) in [6.45, 7) is 1.24. The van der Waals surface area contributed by atoms with E-state index in [4.69, 9.17) is 4.74 Å². The molecule has 7 heteroatoms. The fourth-order valence-electron chi connectivity index (χ4n) is 3.10. The minimum atomic E-state index is -0.0703. The first kappa shape index (κ1) is 16.3. The first-order valence-electron chi connectivity index (χ1n) is 8.62. The van der Waals surface area contributed by atoms with Gasteiger partial charge in [0.1, 0.15) is 18.1 Å². The zero-order valence-corrected chi connectivity index (χ0v) is 14.2. The highest BCUT2D eigenvalue weighted by Gasteiger charge is 2.27. The lowest BCUT2D eigenvalue weighted by atomic mass is 10.1. The molecule has 0 saturated carbocycles. The smallest absolute Gasteiger partial charge is 0.272 e. The summed E-state index contributed by atoms with van der Waals surface area (Å²) in [5.41, 5.74) is 2.23. The Morgan fingerprint density at radius 2 is 2.12 bits per heavy atom. The zero-order chi connectivity index (χ0) is 17.8. The molecular weight excluding hydrogens is 330 g/mol. The molecule has 0 unspecified atom stereocenters. The molecule has 2 aromatic heterocycles. The maximum Gasteiger partial charge on any atom is 0.272 e. The lowest BCUT2D eigenvalue weighted by molar-refractivity contribution is 0.0522. The average Bonchev–Trinajstić information content (AvgIpc) is 3.19. The summed E-state index contributed by atoms with van der Waals surface area (Å²) in [5.74, 6) is 0.475. The Balaban J connectivity index is 1.44. The van der Waals surface area contributed by atoms with Crippen LogP contribution in [0.15, 0.2) is 55.0 Å². The van der Waals surface area contributed by atoms with Crippen LogP contribution in [0, 0.1) is 0 Å². The largest absolute Gasteiger partial charge is 0.472 e. The fourth-order valence-corrected chi connectivity index (χ4v) is 3.10. The molecule has 3 heterocycles. The lowest BCUT2D eigenvalue weighted by Crippen LogP contribution is -2.44. The van der Waals surface area contributed by atoms with Crippen LogP contribution in [0.3, 0.4) is 0 Å². The number of likely N-dealkylation sites (tertiary alicyclic amines) is 1. The van der Waals surface area contributed by atoms with Gasteiger partial charge in [-0.2, -0.15) is 5.10 Å². The predicted octanol–water partition coefficient (Wildman–Crippen LogP) is 2.55. The van der Waals surface area contributed by atoms with Crippen molar-refractivity contribution in [2.75, 3.05) is 13.1 Å². The normalized spacial score (nSPS) is 17.1. The molecule has 1 aliphatic heterocycles. The maximum absolute atomic E-state index is 12.8. The van der Waals surface area contributed by atoms with Crippen LogP contribution in [0.5, 0.6) is 5.88 Å². The third-order valence-electron chi connectivity index (χ3n) is 4.39. The van der Waals surface area contributed by atoms with Crippen molar-refractivity contribution in [3.8, 4) is 17.1 Å². The Morgan fingerprint density at radius 3 is 2.92 bits per heavy atom. The molecule has 4 rings (SSSR count). The number of hydrogen-bond donors (Lipinski definition) is 1. The number of nitrogens with one attached hydrogen (secondary N) is 1. The summed E-state index contributed by atoms with van der Waals surface area (Å²) in [6, 6.07) is 13.3. The topological polar surface area (TPSA) is 84.0 Å². The molecule has 7 nitrogen and oxygen atoms in total. The van der Waals surface area contributed by atoms with Crippen molar-refractivity contribution in [3.05, 3.63) is 60.7 Å². The van der Waals surface area contributed by atoms with E-state index in [-0.39, 0.29) is 12.0 Å². The number of benzene rings is 1. The Hall–Kier alpha value is -3.22. The Bertz CT molecular complexity index is 866. The van der Waals surface area contributed by atoms with Gasteiger partial charge in [0, 0.05) is 24.4 Å². The number of nitrogens with zero attached hydrogens (tertiary/aromatic N) is 4. The van der Waals surface area contributed by atoms with Crippen molar-refractivity contribution in [1.29, 1.82) is 0 Å². The second-order valence-corrected chi connectivity index (χ2v) is 6.21. The monoisotopic (exact) mass is 349 g/mol. The van der Waals surface area contributed by atoms with E-state index >= 15 is 0 Å². The van der Waals surface area contributed by atoms with E-state index in [9.17, 15) is 4.79 Å². The van der Waals surface area contributed by atoms with Crippen LogP contribution < -0.4 is 4.74 Å². The third-order valence-corrected chi connectivity index (χ3v) is 4.39. The van der Waals surface area contributed by atoms with Gasteiger partial charge in [-0.25, -0.2) is 9.97 Å². The van der Waals surface area contributed by atoms with Gasteiger partial charge in [0.05, 0.1) is 12.2 Å². The predicted molar refractivity (Wildman–Crippen MR) is 95.6 cm³/mol. The molecule has 0 aliphatic carbocycles. The number of rotatable bonds is 4. The van der Waals surface area contributed by atoms with Crippen LogP contribution in [0.25, 0.3) is 11.3 Å². The van der Waals surface area contributed by atoms with Gasteiger partial charge in [-0.3, -0.25) is 9.89 Å². The van der Waals surface area contributed by atoms with Crippen LogP contribution >= 0.6 is 0 Å². The Morgan fingerprint density at radius 1 is 1.23 bits per heavy atom. The van der Waals surface area contributed by atoms with Crippen LogP contribution in [0.1, 0.15) is 23.3 Å². The number of carbonyl (C=O) groups is 1. The number of aromatic amines is 1. The van der Waals surface area contributed by atoms with E-state index in [1.54, 1.807) is 23.2 Å². The molecule has 1 atom stereocenters. The van der Waals surface area contributed by atoms with Gasteiger partial charge in [-0.1, -0.05) is 30.3 Å². The van der Waals surface area contributed by atoms with Crippen LogP contribution in [-0.2, 0) is 0 Å². The van der Waals surface area contributed by atoms with Gasteiger partial charge >= 0.3 is 0 Å². The molecule has 0 bridgehead atoms. The second kappa shape index (κ2) is 7.35. The summed E-state index contributed by atoms with van der Waals surface area (Å²) in [4.78, 5) is 22.6. The number of ether oxygens (including phenoxy) is 1. The molecule has 0 spiro atoms. The highest BCUT2D eigenvalue weighted by atomic mass is 16.5. The van der Waals surface area contributed by atoms with Gasteiger partial charge in [0.2, 0.25) is 5.88 Å². The van der Waals surface area contributed by atoms with Crippen LogP contribution in [0.2, 0.25) is 0 Å². The first-order valence-corrected chi connectivity index (χ1v) is 8.62. The molecule has 1 N–H and O–H groups in total. The number of aromatic nitrogens is 4. The van der Waals surface area contributed by atoms with E-state index in [1.807, 2.05) is 30.3 Å². The van der Waals surface area contributed by atoms with Gasteiger partial charge < -0.3 is 9.64 Å². The molecule has 0 radical (unpaired) electrons. The molecule has 1 amide bonds. The minimum absolute atomic E-state index is 0.0596. The number of amides is 1. The van der Waals surface area contributed by atoms with Crippen LogP contribution in [-0.4, -0.2) is 50.2 Å². The molecule has 132 valence electrons. The summed E-state index contributed by atoms with van der Waals surface area (Å²) in [6.07, 6.45) is 4.81. The summed E-state index contributed by atoms with van der Waals surface area (Å²) in [7, 11) is 0. The van der Waals surface area contributed by atoms with Crippen molar-refractivity contribution < 1.29 is 9.53 Å². The third kappa shape index (κ3) is 3.56. The second-order valence-electron chi connectivity index (χ2n) is 6.21. The van der Waals surface area contributed by atoms with Crippen molar-refractivity contribution >= 4 is 5.91 Å². The highest BCUT2D eigenvalue weighted by molar-refractivity contribution is 5.93. The molecular formula is C19H19N5O2. The molecule has 1 fully saturated rings. The number of H-pyrrole nitrogens is 1. The lowest BCUT2D eigenvalue weighted by Gasteiger charge is -2.32. The first-order chi connectivity index (χ1) is 12.8. The zero-order valence-electron chi connectivity index (χ0n) is 14.2. The van der Waals surface area contributed by atoms with Crippen molar-refractivity contribution in [1.82, 2.24) is 25.1 Å². The van der Waals surface area contributed by atoms with Gasteiger partial charge in [-0.15, -0.1) is 0 Å². The fraction of sp³-hybridized carbons (Fsp3) is 0.263. The SMILES string of the molecule is O=C(c1cc(-c2ccccc2)n[nH]1)N1CCC[C@@H](Oc2ccncn2)C1. The van der Waals surface area contributed by atoms with Gasteiger partial charge in [-0.05, 0) is 18.9 Å². The number of carbonyl (C=O) groups excluding carboxylic acids is 1. The molecule has 3 aromatic rings. The number of piperidine rings is 1. The Labute approximate surface area is 151 Å². The summed E-state index contributed by atoms with van der Waals surface area (Å²) >= 11 is 0. The van der Waals surface area contributed by atoms with E-state index in [2.05, 4.69) is 20.2 Å². The highest BCUT2D eigenvalue weighted by Crippen LogP contribution is 2.20. The molecule has 1 saturated heterocycles. The van der Waals surface area contributed by atoms with Gasteiger partial charge in [0.25, 0.3) is 5.91 Å². The van der Waals surface area contributed by atoms with E-state index in [1.165, 1.54) is 6.33 Å². The van der Waals surface area contributed by atoms with Crippen molar-refractivity contribution in [2.24, 2.45) is 0 Å². The standard InChI is InChI=1S/C19H19N5O2/c25-19(17-11-16(22-23-17)14-5-2-1-3-6-14)24-10-4-7-15(12-24)26-18-8-9-20-13-21-18/h1-3,5-6,8-9,11,13,15H,4,7,10,12H2,(H,22,23)/t15-/m1/s1. The Kier molecular flexibility index (Phi) is 4.59. The van der Waals surface area contributed by atoms with Crippen molar-refractivity contribution in [2.45, 2.75) is 18.9 Å². The quantitative estimate of drug-likeness (QED) is 0.782. The minimum Gasteiger partial charge on any atom is -0.472 e. The maximum atomic E-state index is 12.8. The van der Waals surface area contributed by atoms with Crippen molar-refractivity contribution in [3.63, 3.8) is 0 Å². The van der Waals surface area contributed by atoms with E-state index < -0.39 is 0 Å². The molecule has 26 heavy (non-hydrogen) atoms. The number of hydrogen-bond acceptors (Lipinski definition) is 5. The molecule has 1 aromatic carbocycles. The van der Waals surface area contributed by atoms with E-state index in [0.717, 1.165) is 24.1 Å². The average molecular weight is 349 g/mol. The van der Waals surface area contributed by atoms with E-state index in [0.29, 0.717) is 24.7 Å². The van der Waals surface area contributed by atoms with Gasteiger partial charge in [0.15, 0.2) is 0 Å².